The molecule has 1 nitrogen and oxygen atoms in total. The van der Waals surface area contributed by atoms with E-state index in [-0.39, 0.29) is 0 Å². The SMILES string of the molecule is COc1ccc(Cc2ccccc2C)c(Cl)c1Cl. The smallest absolute Gasteiger partial charge is 0.138 e. The van der Waals surface area contributed by atoms with Crippen molar-refractivity contribution < 1.29 is 4.74 Å². The predicted octanol–water partition coefficient (Wildman–Crippen LogP) is 4.90. The van der Waals surface area contributed by atoms with Gasteiger partial charge in [-0.3, -0.25) is 0 Å². The second kappa shape index (κ2) is 5.64. The Labute approximate surface area is 117 Å². The lowest BCUT2D eigenvalue weighted by atomic mass is 10.0. The number of aryl methyl sites for hydroxylation is 1. The molecule has 0 N–H and O–H groups in total. The number of rotatable bonds is 3. The fourth-order valence-corrected chi connectivity index (χ4v) is 2.36. The van der Waals surface area contributed by atoms with Crippen molar-refractivity contribution in [2.24, 2.45) is 0 Å². The highest BCUT2D eigenvalue weighted by atomic mass is 35.5. The van der Waals surface area contributed by atoms with Gasteiger partial charge in [0.1, 0.15) is 10.8 Å². The van der Waals surface area contributed by atoms with Crippen LogP contribution in [0.3, 0.4) is 0 Å². The predicted molar refractivity (Wildman–Crippen MR) is 77.0 cm³/mol. The van der Waals surface area contributed by atoms with E-state index in [9.17, 15) is 0 Å². The van der Waals surface area contributed by atoms with E-state index < -0.39 is 0 Å². The second-order valence-corrected chi connectivity index (χ2v) is 4.91. The average molecular weight is 281 g/mol. The summed E-state index contributed by atoms with van der Waals surface area (Å²) in [6.45, 7) is 2.09. The summed E-state index contributed by atoms with van der Waals surface area (Å²) in [7, 11) is 1.58. The number of halogens is 2. The van der Waals surface area contributed by atoms with Crippen LogP contribution >= 0.6 is 23.2 Å². The molecular formula is C15H14Cl2O. The molecule has 0 amide bonds. The monoisotopic (exact) mass is 280 g/mol. The van der Waals surface area contributed by atoms with Gasteiger partial charge in [-0.15, -0.1) is 0 Å². The number of methoxy groups -OCH3 is 1. The highest BCUT2D eigenvalue weighted by Gasteiger charge is 2.11. The molecule has 0 aliphatic carbocycles. The molecular weight excluding hydrogens is 267 g/mol. The van der Waals surface area contributed by atoms with E-state index in [1.807, 2.05) is 24.3 Å². The Morgan fingerprint density at radius 1 is 0.944 bits per heavy atom. The van der Waals surface area contributed by atoms with Gasteiger partial charge in [-0.25, -0.2) is 0 Å². The summed E-state index contributed by atoms with van der Waals surface area (Å²) < 4.78 is 5.14. The third-order valence-corrected chi connectivity index (χ3v) is 3.89. The van der Waals surface area contributed by atoms with Gasteiger partial charge >= 0.3 is 0 Å². The summed E-state index contributed by atoms with van der Waals surface area (Å²) >= 11 is 12.4. The van der Waals surface area contributed by atoms with E-state index in [4.69, 9.17) is 27.9 Å². The van der Waals surface area contributed by atoms with Crippen LogP contribution in [0.4, 0.5) is 0 Å². The number of hydrogen-bond acceptors (Lipinski definition) is 1. The first-order valence-corrected chi connectivity index (χ1v) is 6.44. The quantitative estimate of drug-likeness (QED) is 0.777. The molecule has 0 saturated carbocycles. The van der Waals surface area contributed by atoms with Gasteiger partial charge in [0.05, 0.1) is 12.1 Å². The normalized spacial score (nSPS) is 10.4. The Balaban J connectivity index is 2.36. The Hall–Kier alpha value is -1.18. The van der Waals surface area contributed by atoms with Crippen LogP contribution in [0, 0.1) is 6.92 Å². The summed E-state index contributed by atoms with van der Waals surface area (Å²) in [6, 6.07) is 12.1. The first-order chi connectivity index (χ1) is 8.63. The molecule has 0 aromatic heterocycles. The van der Waals surface area contributed by atoms with Gasteiger partial charge in [-0.05, 0) is 36.1 Å². The molecule has 0 fully saturated rings. The number of hydrogen-bond donors (Lipinski definition) is 0. The zero-order chi connectivity index (χ0) is 13.1. The van der Waals surface area contributed by atoms with Gasteiger partial charge in [0.2, 0.25) is 0 Å². The van der Waals surface area contributed by atoms with Crippen molar-refractivity contribution in [3.63, 3.8) is 0 Å². The lowest BCUT2D eigenvalue weighted by Gasteiger charge is -2.11. The zero-order valence-electron chi connectivity index (χ0n) is 10.3. The minimum atomic E-state index is 0.477. The Morgan fingerprint density at radius 2 is 1.67 bits per heavy atom. The first kappa shape index (κ1) is 13.3. The maximum atomic E-state index is 6.27. The van der Waals surface area contributed by atoms with Crippen molar-refractivity contribution in [1.82, 2.24) is 0 Å². The van der Waals surface area contributed by atoms with Crippen LogP contribution in [-0.2, 0) is 6.42 Å². The molecule has 0 aliphatic heterocycles. The number of benzene rings is 2. The highest BCUT2D eigenvalue weighted by molar-refractivity contribution is 6.43. The lowest BCUT2D eigenvalue weighted by Crippen LogP contribution is -1.94. The standard InChI is InChI=1S/C15H14Cl2O/c1-10-5-3-4-6-11(10)9-12-7-8-13(18-2)15(17)14(12)16/h3-8H,9H2,1-2H3. The van der Waals surface area contributed by atoms with Gasteiger partial charge in [0.15, 0.2) is 0 Å². The molecule has 0 unspecified atom stereocenters. The van der Waals surface area contributed by atoms with Crippen molar-refractivity contribution in [1.29, 1.82) is 0 Å². The Bertz CT molecular complexity index is 564. The van der Waals surface area contributed by atoms with Crippen molar-refractivity contribution in [2.45, 2.75) is 13.3 Å². The molecule has 2 rings (SSSR count). The molecule has 0 atom stereocenters. The topological polar surface area (TPSA) is 9.23 Å². The second-order valence-electron chi connectivity index (χ2n) is 4.16. The van der Waals surface area contributed by atoms with E-state index in [0.29, 0.717) is 15.8 Å². The van der Waals surface area contributed by atoms with Gasteiger partial charge in [0.25, 0.3) is 0 Å². The molecule has 2 aromatic carbocycles. The van der Waals surface area contributed by atoms with Crippen molar-refractivity contribution >= 4 is 23.2 Å². The van der Waals surface area contributed by atoms with Gasteiger partial charge in [-0.1, -0.05) is 53.5 Å². The van der Waals surface area contributed by atoms with Crippen LogP contribution < -0.4 is 4.74 Å². The fourth-order valence-electron chi connectivity index (χ4n) is 1.88. The summed E-state index contributed by atoms with van der Waals surface area (Å²) in [6.07, 6.45) is 0.773. The van der Waals surface area contributed by atoms with Crippen LogP contribution in [0.1, 0.15) is 16.7 Å². The lowest BCUT2D eigenvalue weighted by molar-refractivity contribution is 0.415. The molecule has 0 heterocycles. The highest BCUT2D eigenvalue weighted by Crippen LogP contribution is 2.35. The molecule has 0 spiro atoms. The zero-order valence-corrected chi connectivity index (χ0v) is 11.8. The molecule has 0 radical (unpaired) electrons. The molecule has 0 aliphatic rings. The van der Waals surface area contributed by atoms with Gasteiger partial charge in [-0.2, -0.15) is 0 Å². The van der Waals surface area contributed by atoms with Crippen molar-refractivity contribution in [3.8, 4) is 5.75 Å². The Kier molecular flexibility index (Phi) is 4.15. The largest absolute Gasteiger partial charge is 0.495 e. The van der Waals surface area contributed by atoms with E-state index in [1.54, 1.807) is 7.11 Å². The summed E-state index contributed by atoms with van der Waals surface area (Å²) in [5.74, 6) is 0.607. The molecule has 0 bridgehead atoms. The van der Waals surface area contributed by atoms with Crippen LogP contribution in [0.15, 0.2) is 36.4 Å². The number of ether oxygens (including phenoxy) is 1. The van der Waals surface area contributed by atoms with Crippen molar-refractivity contribution in [2.75, 3.05) is 7.11 Å². The molecule has 2 aromatic rings. The molecule has 18 heavy (non-hydrogen) atoms. The summed E-state index contributed by atoms with van der Waals surface area (Å²) in [5.41, 5.74) is 3.51. The van der Waals surface area contributed by atoms with Crippen LogP contribution in [-0.4, -0.2) is 7.11 Å². The minimum absolute atomic E-state index is 0.477. The fraction of sp³-hybridized carbons (Fsp3) is 0.200. The molecule has 3 heteroatoms. The summed E-state index contributed by atoms with van der Waals surface area (Å²) in [5, 5.41) is 1.05. The van der Waals surface area contributed by atoms with E-state index in [2.05, 4.69) is 19.1 Å². The average Bonchev–Trinajstić information content (AvgIpc) is 2.38. The van der Waals surface area contributed by atoms with E-state index in [0.717, 1.165) is 12.0 Å². The minimum Gasteiger partial charge on any atom is -0.495 e. The van der Waals surface area contributed by atoms with Gasteiger partial charge < -0.3 is 4.74 Å². The van der Waals surface area contributed by atoms with Crippen LogP contribution in [0.2, 0.25) is 10.0 Å². The van der Waals surface area contributed by atoms with E-state index in [1.165, 1.54) is 11.1 Å². The third-order valence-electron chi connectivity index (χ3n) is 2.99. The third kappa shape index (κ3) is 2.63. The first-order valence-electron chi connectivity index (χ1n) is 5.69. The molecule has 0 saturated heterocycles. The maximum absolute atomic E-state index is 6.27. The van der Waals surface area contributed by atoms with Crippen LogP contribution in [0.5, 0.6) is 5.75 Å². The Morgan fingerprint density at radius 3 is 2.33 bits per heavy atom. The van der Waals surface area contributed by atoms with Crippen molar-refractivity contribution in [3.05, 3.63) is 63.1 Å². The molecule has 94 valence electrons. The van der Waals surface area contributed by atoms with Gasteiger partial charge in [0, 0.05) is 0 Å². The van der Waals surface area contributed by atoms with Crippen LogP contribution in [0.25, 0.3) is 0 Å². The maximum Gasteiger partial charge on any atom is 0.138 e. The summed E-state index contributed by atoms with van der Waals surface area (Å²) in [4.78, 5) is 0. The van der Waals surface area contributed by atoms with E-state index >= 15 is 0 Å².